The third-order valence-electron chi connectivity index (χ3n) is 3.86. The first-order chi connectivity index (χ1) is 11.7. The van der Waals surface area contributed by atoms with E-state index in [1.807, 2.05) is 12.1 Å². The number of phenols is 1. The molecule has 4 rings (SSSR count). The molecule has 2 heterocycles. The van der Waals surface area contributed by atoms with Gasteiger partial charge in [-0.1, -0.05) is 29.8 Å². The minimum atomic E-state index is 0. The molecule has 0 aliphatic rings. The molecular weight excluding hydrogens is 354 g/mol. The highest BCUT2D eigenvalue weighted by Gasteiger charge is 2.13. The van der Waals surface area contributed by atoms with Gasteiger partial charge in [0.2, 0.25) is 0 Å². The van der Waals surface area contributed by atoms with E-state index in [-0.39, 0.29) is 18.2 Å². The van der Waals surface area contributed by atoms with Crippen LogP contribution in [0.5, 0.6) is 5.75 Å². The van der Waals surface area contributed by atoms with Gasteiger partial charge in [0, 0.05) is 16.6 Å². The number of anilines is 2. The van der Waals surface area contributed by atoms with Gasteiger partial charge in [-0.15, -0.1) is 23.7 Å². The highest BCUT2D eigenvalue weighted by Crippen LogP contribution is 2.37. The molecular formula is C19H16ClN3OS. The molecule has 0 aliphatic heterocycles. The lowest BCUT2D eigenvalue weighted by Crippen LogP contribution is -1.95. The monoisotopic (exact) mass is 369 g/mol. The van der Waals surface area contributed by atoms with E-state index < -0.39 is 0 Å². The zero-order chi connectivity index (χ0) is 16.5. The number of rotatable bonds is 3. The summed E-state index contributed by atoms with van der Waals surface area (Å²) in [5.41, 5.74) is 4.37. The number of aromatic hydroxyl groups is 1. The highest BCUT2D eigenvalue weighted by atomic mass is 35.5. The molecule has 0 bridgehead atoms. The number of benzene rings is 2. The van der Waals surface area contributed by atoms with Crippen molar-refractivity contribution in [3.8, 4) is 16.9 Å². The van der Waals surface area contributed by atoms with Crippen molar-refractivity contribution in [2.24, 2.45) is 0 Å². The van der Waals surface area contributed by atoms with Gasteiger partial charge in [0.15, 0.2) is 0 Å². The molecule has 0 fully saturated rings. The summed E-state index contributed by atoms with van der Waals surface area (Å²) in [5, 5.41) is 15.9. The molecule has 2 aromatic carbocycles. The Bertz CT molecular complexity index is 998. The zero-order valence-corrected chi connectivity index (χ0v) is 15.1. The van der Waals surface area contributed by atoms with Crippen molar-refractivity contribution in [2.45, 2.75) is 6.92 Å². The van der Waals surface area contributed by atoms with Crippen molar-refractivity contribution in [1.82, 2.24) is 9.97 Å². The van der Waals surface area contributed by atoms with E-state index in [2.05, 4.69) is 51.9 Å². The standard InChI is InChI=1S/C19H15N3OS.ClH/c1-12-2-4-13(5-3-12)16-10-24-19-17(16)18(20-11-21-19)22-14-6-8-15(23)9-7-14;/h2-11,23H,1H3,(H,20,21,22);1H. The van der Waals surface area contributed by atoms with Crippen molar-refractivity contribution in [3.63, 3.8) is 0 Å². The number of hydrogen-bond donors (Lipinski definition) is 2. The molecule has 0 unspecified atom stereocenters. The third-order valence-corrected chi connectivity index (χ3v) is 4.75. The second kappa shape index (κ2) is 7.09. The van der Waals surface area contributed by atoms with Gasteiger partial charge in [-0.2, -0.15) is 0 Å². The average molecular weight is 370 g/mol. The molecule has 0 spiro atoms. The second-order valence-electron chi connectivity index (χ2n) is 5.59. The molecule has 6 heteroatoms. The first-order valence-corrected chi connectivity index (χ1v) is 8.44. The molecule has 0 aliphatic carbocycles. The van der Waals surface area contributed by atoms with Crippen LogP contribution in [0.15, 0.2) is 60.2 Å². The SMILES string of the molecule is Cc1ccc(-c2csc3ncnc(Nc4ccc(O)cc4)c23)cc1.Cl. The van der Waals surface area contributed by atoms with Gasteiger partial charge >= 0.3 is 0 Å². The Balaban J connectivity index is 0.00000182. The third kappa shape index (κ3) is 3.43. The summed E-state index contributed by atoms with van der Waals surface area (Å²) in [6, 6.07) is 15.4. The fraction of sp³-hybridized carbons (Fsp3) is 0.0526. The van der Waals surface area contributed by atoms with Crippen LogP contribution in [0.3, 0.4) is 0 Å². The molecule has 4 nitrogen and oxygen atoms in total. The van der Waals surface area contributed by atoms with Gasteiger partial charge in [-0.3, -0.25) is 0 Å². The van der Waals surface area contributed by atoms with Crippen molar-refractivity contribution in [1.29, 1.82) is 0 Å². The number of nitrogens with zero attached hydrogens (tertiary/aromatic N) is 2. The molecule has 126 valence electrons. The number of halogens is 1. The molecule has 4 aromatic rings. The van der Waals surface area contributed by atoms with Crippen LogP contribution in [-0.4, -0.2) is 15.1 Å². The minimum Gasteiger partial charge on any atom is -0.508 e. The Morgan fingerprint density at radius 3 is 2.40 bits per heavy atom. The van der Waals surface area contributed by atoms with E-state index in [4.69, 9.17) is 0 Å². The summed E-state index contributed by atoms with van der Waals surface area (Å²) >= 11 is 1.61. The average Bonchev–Trinajstić information content (AvgIpc) is 3.03. The maximum Gasteiger partial charge on any atom is 0.143 e. The molecule has 0 saturated heterocycles. The minimum absolute atomic E-state index is 0. The topological polar surface area (TPSA) is 58.0 Å². The highest BCUT2D eigenvalue weighted by molar-refractivity contribution is 7.17. The van der Waals surface area contributed by atoms with E-state index in [9.17, 15) is 5.11 Å². The van der Waals surface area contributed by atoms with Crippen LogP contribution < -0.4 is 5.32 Å². The van der Waals surface area contributed by atoms with E-state index in [0.29, 0.717) is 0 Å². The maximum absolute atomic E-state index is 9.42. The lowest BCUT2D eigenvalue weighted by molar-refractivity contribution is 0.475. The predicted molar refractivity (Wildman–Crippen MR) is 106 cm³/mol. The first-order valence-electron chi connectivity index (χ1n) is 7.56. The first kappa shape index (κ1) is 17.2. The Morgan fingerprint density at radius 2 is 1.68 bits per heavy atom. The van der Waals surface area contributed by atoms with Gasteiger partial charge in [-0.25, -0.2) is 9.97 Å². The van der Waals surface area contributed by atoms with Crippen molar-refractivity contribution < 1.29 is 5.11 Å². The van der Waals surface area contributed by atoms with E-state index in [1.165, 1.54) is 5.56 Å². The fourth-order valence-corrected chi connectivity index (χ4v) is 3.51. The van der Waals surface area contributed by atoms with E-state index in [0.717, 1.165) is 32.8 Å². The molecule has 0 amide bonds. The van der Waals surface area contributed by atoms with Crippen LogP contribution in [0, 0.1) is 6.92 Å². The number of aryl methyl sites for hydroxylation is 1. The number of nitrogens with one attached hydrogen (secondary N) is 1. The largest absolute Gasteiger partial charge is 0.508 e. The second-order valence-corrected chi connectivity index (χ2v) is 6.45. The zero-order valence-electron chi connectivity index (χ0n) is 13.4. The number of phenolic OH excluding ortho intramolecular Hbond substituents is 1. The summed E-state index contributed by atoms with van der Waals surface area (Å²) in [7, 11) is 0. The van der Waals surface area contributed by atoms with Crippen molar-refractivity contribution in [2.75, 3.05) is 5.32 Å². The van der Waals surface area contributed by atoms with Crippen LogP contribution in [0.1, 0.15) is 5.56 Å². The molecule has 0 radical (unpaired) electrons. The Morgan fingerprint density at radius 1 is 0.960 bits per heavy atom. The summed E-state index contributed by atoms with van der Waals surface area (Å²) in [6.07, 6.45) is 1.57. The Hall–Kier alpha value is -2.63. The molecule has 2 aromatic heterocycles. The van der Waals surface area contributed by atoms with E-state index >= 15 is 0 Å². The lowest BCUT2D eigenvalue weighted by Gasteiger charge is -2.08. The van der Waals surface area contributed by atoms with Crippen LogP contribution in [-0.2, 0) is 0 Å². The number of thiophene rings is 1. The Kier molecular flexibility index (Phi) is 4.88. The lowest BCUT2D eigenvalue weighted by atomic mass is 10.0. The smallest absolute Gasteiger partial charge is 0.143 e. The van der Waals surface area contributed by atoms with Crippen LogP contribution >= 0.6 is 23.7 Å². The van der Waals surface area contributed by atoms with Crippen LogP contribution in [0.25, 0.3) is 21.3 Å². The number of hydrogen-bond acceptors (Lipinski definition) is 5. The fourth-order valence-electron chi connectivity index (χ4n) is 2.60. The summed E-state index contributed by atoms with van der Waals surface area (Å²) in [6.45, 7) is 2.08. The van der Waals surface area contributed by atoms with Gasteiger partial charge in [0.25, 0.3) is 0 Å². The van der Waals surface area contributed by atoms with Crippen LogP contribution in [0.4, 0.5) is 11.5 Å². The molecule has 0 atom stereocenters. The number of fused-ring (bicyclic) bond motifs is 1. The number of aromatic nitrogens is 2. The summed E-state index contributed by atoms with van der Waals surface area (Å²) in [4.78, 5) is 9.76. The maximum atomic E-state index is 9.42. The summed E-state index contributed by atoms with van der Waals surface area (Å²) in [5.74, 6) is 1.01. The predicted octanol–water partition coefficient (Wildman–Crippen LogP) is 5.54. The van der Waals surface area contributed by atoms with Gasteiger partial charge < -0.3 is 10.4 Å². The molecule has 2 N–H and O–H groups in total. The van der Waals surface area contributed by atoms with Gasteiger partial charge in [0.05, 0.1) is 5.39 Å². The van der Waals surface area contributed by atoms with Gasteiger partial charge in [-0.05, 0) is 36.8 Å². The van der Waals surface area contributed by atoms with Crippen molar-refractivity contribution in [3.05, 3.63) is 65.8 Å². The summed E-state index contributed by atoms with van der Waals surface area (Å²) < 4.78 is 0. The van der Waals surface area contributed by atoms with Crippen molar-refractivity contribution >= 4 is 45.5 Å². The molecule has 25 heavy (non-hydrogen) atoms. The Labute approximate surface area is 155 Å². The molecule has 0 saturated carbocycles. The van der Waals surface area contributed by atoms with Gasteiger partial charge in [0.1, 0.15) is 22.7 Å². The normalized spacial score (nSPS) is 10.4. The van der Waals surface area contributed by atoms with E-state index in [1.54, 1.807) is 29.8 Å². The quantitative estimate of drug-likeness (QED) is 0.465. The van der Waals surface area contributed by atoms with Crippen LogP contribution in [0.2, 0.25) is 0 Å².